The molecule has 114 valence electrons. The molecule has 1 atom stereocenters. The number of nitrogens with two attached hydrogens (primary N) is 1. The maximum atomic E-state index is 12.3. The summed E-state index contributed by atoms with van der Waals surface area (Å²) < 4.78 is 5.49. The lowest BCUT2D eigenvalue weighted by Gasteiger charge is -2.12. The Morgan fingerprint density at radius 2 is 2.24 bits per heavy atom. The molecule has 1 amide bonds. The van der Waals surface area contributed by atoms with Crippen molar-refractivity contribution >= 4 is 28.2 Å². The number of amides is 1. The summed E-state index contributed by atoms with van der Waals surface area (Å²) in [4.78, 5) is 16.9. The predicted octanol–water partition coefficient (Wildman–Crippen LogP) is 2.86. The molecule has 0 aliphatic carbocycles. The predicted molar refractivity (Wildman–Crippen MR) is 84.8 cm³/mol. The van der Waals surface area contributed by atoms with Crippen LogP contribution in [0.3, 0.4) is 0 Å². The highest BCUT2D eigenvalue weighted by Gasteiger charge is 2.20. The Labute approximate surface area is 127 Å². The lowest BCUT2D eigenvalue weighted by atomic mass is 10.1. The van der Waals surface area contributed by atoms with E-state index in [1.54, 1.807) is 0 Å². The van der Waals surface area contributed by atoms with Crippen LogP contribution in [-0.4, -0.2) is 17.4 Å². The van der Waals surface area contributed by atoms with Gasteiger partial charge >= 0.3 is 0 Å². The molecular formula is C14H20N4O2S. The summed E-state index contributed by atoms with van der Waals surface area (Å²) in [5, 5.41) is 6.64. The van der Waals surface area contributed by atoms with E-state index >= 15 is 0 Å². The Balaban J connectivity index is 2.12. The SMILES string of the molecule is CCNc1nc(N)c(C(=O)NC(C)c2cc(C)oc2C)s1. The van der Waals surface area contributed by atoms with E-state index in [0.29, 0.717) is 10.0 Å². The number of aromatic nitrogens is 1. The molecule has 0 aliphatic rings. The highest BCUT2D eigenvalue weighted by molar-refractivity contribution is 7.18. The first-order valence-corrected chi connectivity index (χ1v) is 7.62. The van der Waals surface area contributed by atoms with E-state index in [2.05, 4.69) is 15.6 Å². The number of hydrogen-bond donors (Lipinski definition) is 3. The van der Waals surface area contributed by atoms with Gasteiger partial charge in [0.25, 0.3) is 5.91 Å². The Morgan fingerprint density at radius 3 is 2.81 bits per heavy atom. The number of thiazole rings is 1. The lowest BCUT2D eigenvalue weighted by molar-refractivity contribution is 0.0944. The number of nitrogens with one attached hydrogen (secondary N) is 2. The highest BCUT2D eigenvalue weighted by Crippen LogP contribution is 2.26. The van der Waals surface area contributed by atoms with Crippen molar-refractivity contribution in [3.63, 3.8) is 0 Å². The van der Waals surface area contributed by atoms with Crippen molar-refractivity contribution in [2.45, 2.75) is 33.7 Å². The fraction of sp³-hybridized carbons (Fsp3) is 0.429. The number of rotatable bonds is 5. The summed E-state index contributed by atoms with van der Waals surface area (Å²) in [6.07, 6.45) is 0. The van der Waals surface area contributed by atoms with Crippen LogP contribution in [0, 0.1) is 13.8 Å². The number of nitrogens with zero attached hydrogens (tertiary/aromatic N) is 1. The number of carbonyl (C=O) groups excluding carboxylic acids is 1. The summed E-state index contributed by atoms with van der Waals surface area (Å²) in [6, 6.07) is 1.78. The summed E-state index contributed by atoms with van der Waals surface area (Å²) in [5.74, 6) is 1.67. The molecule has 21 heavy (non-hydrogen) atoms. The number of anilines is 2. The smallest absolute Gasteiger partial charge is 0.265 e. The Morgan fingerprint density at radius 1 is 1.52 bits per heavy atom. The molecule has 0 aromatic carbocycles. The Bertz CT molecular complexity index is 647. The second-order valence-electron chi connectivity index (χ2n) is 4.83. The van der Waals surface area contributed by atoms with Crippen LogP contribution in [0.25, 0.3) is 0 Å². The first kappa shape index (κ1) is 15.4. The second kappa shape index (κ2) is 6.17. The van der Waals surface area contributed by atoms with Gasteiger partial charge in [0.15, 0.2) is 5.13 Å². The fourth-order valence-corrected chi connectivity index (χ4v) is 3.00. The van der Waals surface area contributed by atoms with E-state index in [9.17, 15) is 4.79 Å². The fourth-order valence-electron chi connectivity index (χ4n) is 2.14. The molecule has 6 nitrogen and oxygen atoms in total. The molecule has 0 bridgehead atoms. The third kappa shape index (κ3) is 3.36. The third-order valence-electron chi connectivity index (χ3n) is 3.08. The van der Waals surface area contributed by atoms with Gasteiger partial charge in [-0.3, -0.25) is 4.79 Å². The minimum atomic E-state index is -0.222. The molecule has 1 unspecified atom stereocenters. The van der Waals surface area contributed by atoms with Gasteiger partial charge in [0.1, 0.15) is 22.2 Å². The first-order valence-electron chi connectivity index (χ1n) is 6.80. The zero-order valence-corrected chi connectivity index (χ0v) is 13.4. The van der Waals surface area contributed by atoms with Crippen LogP contribution in [0.5, 0.6) is 0 Å². The number of aryl methyl sites for hydroxylation is 2. The summed E-state index contributed by atoms with van der Waals surface area (Å²) in [5.41, 5.74) is 6.77. The average molecular weight is 308 g/mol. The Kier molecular flexibility index (Phi) is 4.52. The standard InChI is InChI=1S/C14H20N4O2S/c1-5-16-14-18-12(15)11(21-14)13(19)17-8(3)10-6-7(2)20-9(10)4/h6,8H,5,15H2,1-4H3,(H,16,18)(H,17,19). The normalized spacial score (nSPS) is 12.2. The van der Waals surface area contributed by atoms with Crippen molar-refractivity contribution < 1.29 is 9.21 Å². The molecule has 0 aliphatic heterocycles. The summed E-state index contributed by atoms with van der Waals surface area (Å²) in [7, 11) is 0. The monoisotopic (exact) mass is 308 g/mol. The van der Waals surface area contributed by atoms with Gasteiger partial charge in [0, 0.05) is 12.1 Å². The van der Waals surface area contributed by atoms with E-state index in [4.69, 9.17) is 10.2 Å². The zero-order chi connectivity index (χ0) is 15.6. The van der Waals surface area contributed by atoms with E-state index in [0.717, 1.165) is 23.6 Å². The average Bonchev–Trinajstić information content (AvgIpc) is 2.92. The molecular weight excluding hydrogens is 288 g/mol. The van der Waals surface area contributed by atoms with Crippen LogP contribution in [0.15, 0.2) is 10.5 Å². The third-order valence-corrected chi connectivity index (χ3v) is 4.11. The molecule has 0 radical (unpaired) electrons. The van der Waals surface area contributed by atoms with Gasteiger partial charge in [-0.2, -0.15) is 0 Å². The molecule has 0 saturated heterocycles. The number of nitrogen functional groups attached to an aromatic ring is 1. The van der Waals surface area contributed by atoms with Crippen molar-refractivity contribution in [2.24, 2.45) is 0 Å². The van der Waals surface area contributed by atoms with E-state index in [1.807, 2.05) is 33.8 Å². The number of furan rings is 1. The van der Waals surface area contributed by atoms with E-state index in [1.165, 1.54) is 11.3 Å². The summed E-state index contributed by atoms with van der Waals surface area (Å²) in [6.45, 7) is 8.38. The Hall–Kier alpha value is -2.02. The highest BCUT2D eigenvalue weighted by atomic mass is 32.1. The maximum absolute atomic E-state index is 12.3. The molecule has 2 aromatic heterocycles. The van der Waals surface area contributed by atoms with Crippen molar-refractivity contribution in [1.82, 2.24) is 10.3 Å². The van der Waals surface area contributed by atoms with Gasteiger partial charge in [-0.05, 0) is 33.8 Å². The van der Waals surface area contributed by atoms with Crippen molar-refractivity contribution in [1.29, 1.82) is 0 Å². The molecule has 0 fully saturated rings. The van der Waals surface area contributed by atoms with Crippen molar-refractivity contribution in [2.75, 3.05) is 17.6 Å². The van der Waals surface area contributed by atoms with Gasteiger partial charge in [0.2, 0.25) is 0 Å². The second-order valence-corrected chi connectivity index (χ2v) is 5.83. The van der Waals surface area contributed by atoms with Crippen LogP contribution in [0.1, 0.15) is 46.6 Å². The minimum Gasteiger partial charge on any atom is -0.466 e. The quantitative estimate of drug-likeness (QED) is 0.789. The van der Waals surface area contributed by atoms with Gasteiger partial charge in [-0.15, -0.1) is 0 Å². The molecule has 2 aromatic rings. The molecule has 7 heteroatoms. The first-order chi connectivity index (χ1) is 9.92. The number of carbonyl (C=O) groups is 1. The lowest BCUT2D eigenvalue weighted by Crippen LogP contribution is -2.26. The van der Waals surface area contributed by atoms with Crippen molar-refractivity contribution in [3.05, 3.63) is 28.0 Å². The molecule has 2 rings (SSSR count). The zero-order valence-electron chi connectivity index (χ0n) is 12.6. The van der Waals surface area contributed by atoms with Crippen LogP contribution < -0.4 is 16.4 Å². The summed E-state index contributed by atoms with van der Waals surface area (Å²) >= 11 is 1.26. The van der Waals surface area contributed by atoms with Crippen LogP contribution in [0.4, 0.5) is 10.9 Å². The van der Waals surface area contributed by atoms with Crippen LogP contribution in [-0.2, 0) is 0 Å². The maximum Gasteiger partial charge on any atom is 0.265 e. The number of hydrogen-bond acceptors (Lipinski definition) is 6. The molecule has 4 N–H and O–H groups in total. The van der Waals surface area contributed by atoms with Gasteiger partial charge in [-0.25, -0.2) is 4.98 Å². The van der Waals surface area contributed by atoms with E-state index < -0.39 is 0 Å². The van der Waals surface area contributed by atoms with Gasteiger partial charge in [0.05, 0.1) is 6.04 Å². The molecule has 0 saturated carbocycles. The van der Waals surface area contributed by atoms with Crippen LogP contribution >= 0.6 is 11.3 Å². The molecule has 2 heterocycles. The van der Waals surface area contributed by atoms with Crippen molar-refractivity contribution in [3.8, 4) is 0 Å². The van der Waals surface area contributed by atoms with Gasteiger partial charge in [-0.1, -0.05) is 11.3 Å². The largest absolute Gasteiger partial charge is 0.466 e. The topological polar surface area (TPSA) is 93.2 Å². The van der Waals surface area contributed by atoms with E-state index in [-0.39, 0.29) is 17.8 Å². The molecule has 0 spiro atoms. The van der Waals surface area contributed by atoms with Gasteiger partial charge < -0.3 is 20.8 Å². The van der Waals surface area contributed by atoms with Crippen LogP contribution in [0.2, 0.25) is 0 Å². The minimum absolute atomic E-state index is 0.154.